The van der Waals surface area contributed by atoms with E-state index in [0.29, 0.717) is 17.0 Å². The van der Waals surface area contributed by atoms with Crippen LogP contribution in [0.4, 0.5) is 0 Å². The third-order valence-electron chi connectivity index (χ3n) is 3.10. The van der Waals surface area contributed by atoms with Crippen LogP contribution in [0, 0.1) is 6.92 Å². The first-order valence-corrected chi connectivity index (χ1v) is 6.66. The van der Waals surface area contributed by atoms with Crippen LogP contribution in [0.5, 0.6) is 11.5 Å². The second-order valence-electron chi connectivity index (χ2n) is 4.69. The molecule has 3 nitrogen and oxygen atoms in total. The SMILES string of the molecule is Cc1cc(O)c(C(=O)CCc2ccccc2Cl)c(O)c1. The number of phenolic OH excluding ortho intramolecular Hbond substituents is 2. The smallest absolute Gasteiger partial charge is 0.170 e. The number of Topliss-reactive ketones (excluding diaryl/α,β-unsaturated/α-hetero) is 1. The number of aromatic hydroxyl groups is 2. The Kier molecular flexibility index (Phi) is 4.30. The highest BCUT2D eigenvalue weighted by Gasteiger charge is 2.17. The van der Waals surface area contributed by atoms with Gasteiger partial charge >= 0.3 is 0 Å². The van der Waals surface area contributed by atoms with Gasteiger partial charge in [-0.1, -0.05) is 29.8 Å². The van der Waals surface area contributed by atoms with E-state index < -0.39 is 0 Å². The summed E-state index contributed by atoms with van der Waals surface area (Å²) in [6.45, 7) is 1.73. The van der Waals surface area contributed by atoms with Crippen LogP contribution < -0.4 is 0 Å². The summed E-state index contributed by atoms with van der Waals surface area (Å²) in [5.41, 5.74) is 1.54. The third-order valence-corrected chi connectivity index (χ3v) is 3.47. The van der Waals surface area contributed by atoms with E-state index in [1.54, 1.807) is 13.0 Å². The molecule has 0 bridgehead atoms. The molecule has 2 aromatic rings. The van der Waals surface area contributed by atoms with Gasteiger partial charge < -0.3 is 10.2 Å². The molecule has 2 aromatic carbocycles. The molecule has 0 aliphatic heterocycles. The van der Waals surface area contributed by atoms with Crippen molar-refractivity contribution in [3.05, 3.63) is 58.1 Å². The van der Waals surface area contributed by atoms with Gasteiger partial charge in [-0.2, -0.15) is 0 Å². The van der Waals surface area contributed by atoms with E-state index in [-0.39, 0.29) is 29.3 Å². The van der Waals surface area contributed by atoms with E-state index in [1.807, 2.05) is 18.2 Å². The van der Waals surface area contributed by atoms with Crippen molar-refractivity contribution in [2.24, 2.45) is 0 Å². The van der Waals surface area contributed by atoms with Gasteiger partial charge in [-0.3, -0.25) is 4.79 Å². The lowest BCUT2D eigenvalue weighted by molar-refractivity contribution is 0.0977. The fraction of sp³-hybridized carbons (Fsp3) is 0.188. The summed E-state index contributed by atoms with van der Waals surface area (Å²) in [5, 5.41) is 20.2. The minimum Gasteiger partial charge on any atom is -0.507 e. The van der Waals surface area contributed by atoms with Crippen LogP contribution >= 0.6 is 11.6 Å². The molecular formula is C16H15ClO3. The molecule has 0 atom stereocenters. The molecule has 0 saturated carbocycles. The van der Waals surface area contributed by atoms with Crippen LogP contribution in [-0.4, -0.2) is 16.0 Å². The van der Waals surface area contributed by atoms with Crippen molar-refractivity contribution in [3.63, 3.8) is 0 Å². The third kappa shape index (κ3) is 3.11. The van der Waals surface area contributed by atoms with E-state index in [2.05, 4.69) is 0 Å². The molecule has 0 unspecified atom stereocenters. The Balaban J connectivity index is 2.16. The number of benzene rings is 2. The van der Waals surface area contributed by atoms with Crippen LogP contribution in [0.3, 0.4) is 0 Å². The summed E-state index contributed by atoms with van der Waals surface area (Å²) in [6.07, 6.45) is 0.638. The quantitative estimate of drug-likeness (QED) is 0.840. The molecule has 0 amide bonds. The topological polar surface area (TPSA) is 57.5 Å². The minimum atomic E-state index is -0.306. The van der Waals surface area contributed by atoms with Crippen molar-refractivity contribution < 1.29 is 15.0 Å². The maximum absolute atomic E-state index is 12.1. The van der Waals surface area contributed by atoms with E-state index in [9.17, 15) is 15.0 Å². The van der Waals surface area contributed by atoms with E-state index in [0.717, 1.165) is 5.56 Å². The second kappa shape index (κ2) is 5.97. The number of ketones is 1. The number of hydrogen-bond donors (Lipinski definition) is 2. The summed E-state index contributed by atoms with van der Waals surface area (Å²) in [4.78, 5) is 12.1. The Hall–Kier alpha value is -2.00. The lowest BCUT2D eigenvalue weighted by atomic mass is 10.00. The average molecular weight is 291 g/mol. The summed E-state index contributed by atoms with van der Waals surface area (Å²) >= 11 is 6.03. The Bertz CT molecular complexity index is 627. The van der Waals surface area contributed by atoms with Gasteiger partial charge in [-0.15, -0.1) is 0 Å². The summed E-state index contributed by atoms with van der Waals surface area (Å²) < 4.78 is 0. The molecule has 20 heavy (non-hydrogen) atoms. The van der Waals surface area contributed by atoms with Crippen LogP contribution in [0.25, 0.3) is 0 Å². The van der Waals surface area contributed by atoms with Crippen LogP contribution in [0.2, 0.25) is 5.02 Å². The van der Waals surface area contributed by atoms with Gasteiger partial charge in [0.2, 0.25) is 0 Å². The molecule has 0 heterocycles. The zero-order valence-corrected chi connectivity index (χ0v) is 11.8. The molecule has 0 fully saturated rings. The Morgan fingerprint density at radius 1 is 1.15 bits per heavy atom. The molecular weight excluding hydrogens is 276 g/mol. The number of phenols is 2. The van der Waals surface area contributed by atoms with Crippen molar-refractivity contribution in [2.45, 2.75) is 19.8 Å². The van der Waals surface area contributed by atoms with Crippen molar-refractivity contribution in [1.82, 2.24) is 0 Å². The fourth-order valence-electron chi connectivity index (χ4n) is 2.11. The molecule has 104 valence electrons. The zero-order valence-electron chi connectivity index (χ0n) is 11.1. The molecule has 0 aliphatic carbocycles. The molecule has 0 saturated heterocycles. The van der Waals surface area contributed by atoms with Crippen LogP contribution in [0.1, 0.15) is 27.9 Å². The summed E-state index contributed by atoms with van der Waals surface area (Å²) in [7, 11) is 0. The molecule has 2 rings (SSSR count). The van der Waals surface area contributed by atoms with E-state index in [4.69, 9.17) is 11.6 Å². The molecule has 0 aliphatic rings. The minimum absolute atomic E-state index is 0.0253. The number of carbonyl (C=O) groups excluding carboxylic acids is 1. The van der Waals surface area contributed by atoms with Crippen molar-refractivity contribution >= 4 is 17.4 Å². The first-order valence-electron chi connectivity index (χ1n) is 6.28. The number of halogens is 1. The van der Waals surface area contributed by atoms with Crippen LogP contribution in [0.15, 0.2) is 36.4 Å². The predicted molar refractivity (Wildman–Crippen MR) is 78.6 cm³/mol. The zero-order chi connectivity index (χ0) is 14.7. The standard InChI is InChI=1S/C16H15ClO3/c1-10-8-14(19)16(15(20)9-10)13(18)7-6-11-4-2-3-5-12(11)17/h2-5,8-9,19-20H,6-7H2,1H3. The normalized spacial score (nSPS) is 10.5. The highest BCUT2D eigenvalue weighted by Crippen LogP contribution is 2.30. The van der Waals surface area contributed by atoms with Crippen LogP contribution in [-0.2, 0) is 6.42 Å². The Morgan fingerprint density at radius 2 is 1.75 bits per heavy atom. The Morgan fingerprint density at radius 3 is 2.35 bits per heavy atom. The number of aryl methyl sites for hydroxylation is 2. The number of hydrogen-bond acceptors (Lipinski definition) is 3. The Labute approximate surface area is 122 Å². The first kappa shape index (κ1) is 14.4. The van der Waals surface area contributed by atoms with Gasteiger partial charge in [0.15, 0.2) is 5.78 Å². The van der Waals surface area contributed by atoms with E-state index >= 15 is 0 Å². The van der Waals surface area contributed by atoms with Gasteiger partial charge in [0, 0.05) is 11.4 Å². The molecule has 4 heteroatoms. The lowest BCUT2D eigenvalue weighted by Gasteiger charge is -2.08. The van der Waals surface area contributed by atoms with Crippen molar-refractivity contribution in [2.75, 3.05) is 0 Å². The van der Waals surface area contributed by atoms with Gasteiger partial charge in [-0.05, 0) is 42.7 Å². The molecule has 0 spiro atoms. The second-order valence-corrected chi connectivity index (χ2v) is 5.10. The van der Waals surface area contributed by atoms with Gasteiger partial charge in [0.1, 0.15) is 17.1 Å². The largest absolute Gasteiger partial charge is 0.507 e. The number of carbonyl (C=O) groups is 1. The summed E-state index contributed by atoms with van der Waals surface area (Å²) in [6, 6.07) is 10.2. The van der Waals surface area contributed by atoms with E-state index in [1.165, 1.54) is 12.1 Å². The first-order chi connectivity index (χ1) is 9.49. The van der Waals surface area contributed by atoms with Gasteiger partial charge in [0.25, 0.3) is 0 Å². The van der Waals surface area contributed by atoms with Crippen molar-refractivity contribution in [3.8, 4) is 11.5 Å². The predicted octanol–water partition coefficient (Wildman–Crippen LogP) is 3.88. The van der Waals surface area contributed by atoms with Crippen molar-refractivity contribution in [1.29, 1.82) is 0 Å². The average Bonchev–Trinajstić information content (AvgIpc) is 2.36. The van der Waals surface area contributed by atoms with Gasteiger partial charge in [-0.25, -0.2) is 0 Å². The summed E-state index contributed by atoms with van der Waals surface area (Å²) in [5.74, 6) is -0.682. The maximum atomic E-state index is 12.1. The monoisotopic (exact) mass is 290 g/mol. The highest BCUT2D eigenvalue weighted by molar-refractivity contribution is 6.31. The molecule has 0 radical (unpaired) electrons. The fourth-order valence-corrected chi connectivity index (χ4v) is 2.34. The molecule has 0 aromatic heterocycles. The maximum Gasteiger partial charge on any atom is 0.170 e. The molecule has 2 N–H and O–H groups in total. The highest BCUT2D eigenvalue weighted by atomic mass is 35.5. The van der Waals surface area contributed by atoms with Gasteiger partial charge in [0.05, 0.1) is 0 Å². The lowest BCUT2D eigenvalue weighted by Crippen LogP contribution is -2.03. The number of rotatable bonds is 4.